The van der Waals surface area contributed by atoms with Gasteiger partial charge in [0.1, 0.15) is 23.0 Å². The fraction of sp³-hybridized carbons (Fsp3) is 0.714. The van der Waals surface area contributed by atoms with Crippen LogP contribution in [0.2, 0.25) is 0 Å². The highest BCUT2D eigenvalue weighted by Gasteiger charge is 2.32. The van der Waals surface area contributed by atoms with E-state index >= 15 is 0 Å². The molecule has 0 saturated carbocycles. The first-order valence-electron chi connectivity index (χ1n) is 7.13. The van der Waals surface area contributed by atoms with Crippen LogP contribution in [-0.2, 0) is 21.4 Å². The maximum absolute atomic E-state index is 12.9. The molecule has 7 heteroatoms. The first-order valence-corrected chi connectivity index (χ1v) is 8.57. The second kappa shape index (κ2) is 7.93. The molecule has 1 aromatic heterocycles. The summed E-state index contributed by atoms with van der Waals surface area (Å²) in [6.07, 6.45) is 1.45. The predicted octanol–water partition coefficient (Wildman–Crippen LogP) is 1.91. The third kappa shape index (κ3) is 4.06. The monoisotopic (exact) mass is 319 g/mol. The van der Waals surface area contributed by atoms with E-state index < -0.39 is 10.0 Å². The first kappa shape index (κ1) is 18.2. The van der Waals surface area contributed by atoms with E-state index in [1.165, 1.54) is 10.4 Å². The van der Waals surface area contributed by atoms with Crippen molar-refractivity contribution in [2.45, 2.75) is 51.2 Å². The van der Waals surface area contributed by atoms with Crippen molar-refractivity contribution in [2.75, 3.05) is 20.3 Å². The predicted molar refractivity (Wildman–Crippen MR) is 79.5 cm³/mol. The molecule has 0 amide bonds. The summed E-state index contributed by atoms with van der Waals surface area (Å²) in [4.78, 5) is 0.120. The second-order valence-electron chi connectivity index (χ2n) is 4.87. The number of aliphatic hydroxyl groups excluding tert-OH is 1. The SMILES string of the molecule is CCC(CC)N(CCOC)S(=O)(=O)c1cc(CO)oc1C. The van der Waals surface area contributed by atoms with Crippen molar-refractivity contribution in [2.24, 2.45) is 0 Å². The summed E-state index contributed by atoms with van der Waals surface area (Å²) in [6, 6.07) is 1.31. The van der Waals surface area contributed by atoms with Crippen LogP contribution >= 0.6 is 0 Å². The van der Waals surface area contributed by atoms with Crippen LogP contribution in [0.25, 0.3) is 0 Å². The lowest BCUT2D eigenvalue weighted by Gasteiger charge is -2.29. The minimum Gasteiger partial charge on any atom is -0.462 e. The normalized spacial score (nSPS) is 12.5. The van der Waals surface area contributed by atoms with Gasteiger partial charge in [-0.1, -0.05) is 13.8 Å². The summed E-state index contributed by atoms with van der Waals surface area (Å²) >= 11 is 0. The lowest BCUT2D eigenvalue weighted by atomic mass is 10.2. The van der Waals surface area contributed by atoms with Crippen LogP contribution in [0.4, 0.5) is 0 Å². The number of nitrogens with zero attached hydrogens (tertiary/aromatic N) is 1. The summed E-state index contributed by atoms with van der Waals surface area (Å²) in [6.45, 7) is 5.83. The number of hydrogen-bond acceptors (Lipinski definition) is 5. The van der Waals surface area contributed by atoms with Crippen LogP contribution in [0.15, 0.2) is 15.4 Å². The number of hydrogen-bond donors (Lipinski definition) is 1. The molecule has 6 nitrogen and oxygen atoms in total. The van der Waals surface area contributed by atoms with Crippen molar-refractivity contribution in [1.82, 2.24) is 4.31 Å². The van der Waals surface area contributed by atoms with Gasteiger partial charge >= 0.3 is 0 Å². The molecule has 0 aliphatic heterocycles. The Balaban J connectivity index is 3.21. The molecule has 21 heavy (non-hydrogen) atoms. The molecule has 1 heterocycles. The lowest BCUT2D eigenvalue weighted by Crippen LogP contribution is -2.41. The van der Waals surface area contributed by atoms with Crippen molar-refractivity contribution < 1.29 is 22.7 Å². The number of furan rings is 1. The fourth-order valence-electron chi connectivity index (χ4n) is 2.36. The topological polar surface area (TPSA) is 80.0 Å². The lowest BCUT2D eigenvalue weighted by molar-refractivity contribution is 0.163. The molecule has 0 saturated heterocycles. The van der Waals surface area contributed by atoms with E-state index in [9.17, 15) is 8.42 Å². The van der Waals surface area contributed by atoms with Crippen LogP contribution in [0, 0.1) is 6.92 Å². The van der Waals surface area contributed by atoms with Crippen LogP contribution in [0.5, 0.6) is 0 Å². The number of rotatable bonds is 9. The summed E-state index contributed by atoms with van der Waals surface area (Å²) in [5, 5.41) is 9.10. The van der Waals surface area contributed by atoms with Crippen LogP contribution < -0.4 is 0 Å². The van der Waals surface area contributed by atoms with Gasteiger partial charge in [0.25, 0.3) is 0 Å². The van der Waals surface area contributed by atoms with E-state index in [-0.39, 0.29) is 23.3 Å². The van der Waals surface area contributed by atoms with Gasteiger partial charge < -0.3 is 14.3 Å². The van der Waals surface area contributed by atoms with E-state index in [1.54, 1.807) is 14.0 Å². The third-order valence-electron chi connectivity index (χ3n) is 3.53. The summed E-state index contributed by atoms with van der Waals surface area (Å²) in [5.41, 5.74) is 0. The zero-order valence-corrected chi connectivity index (χ0v) is 13.9. The maximum atomic E-state index is 12.9. The Morgan fingerprint density at radius 1 is 1.38 bits per heavy atom. The Morgan fingerprint density at radius 2 is 2.00 bits per heavy atom. The summed E-state index contributed by atoms with van der Waals surface area (Å²) in [7, 11) is -2.12. The van der Waals surface area contributed by atoms with Crippen molar-refractivity contribution in [3.05, 3.63) is 17.6 Å². The van der Waals surface area contributed by atoms with Gasteiger partial charge in [0.15, 0.2) is 0 Å². The fourth-order valence-corrected chi connectivity index (χ4v) is 4.30. The van der Waals surface area contributed by atoms with Crippen molar-refractivity contribution in [1.29, 1.82) is 0 Å². The average molecular weight is 319 g/mol. The molecule has 1 N–H and O–H groups in total. The van der Waals surface area contributed by atoms with E-state index in [0.29, 0.717) is 18.9 Å². The molecule has 0 aliphatic carbocycles. The van der Waals surface area contributed by atoms with Gasteiger partial charge in [0.05, 0.1) is 6.61 Å². The van der Waals surface area contributed by atoms with Crippen molar-refractivity contribution >= 4 is 10.0 Å². The van der Waals surface area contributed by atoms with Gasteiger partial charge in [-0.25, -0.2) is 8.42 Å². The highest BCUT2D eigenvalue weighted by atomic mass is 32.2. The minimum absolute atomic E-state index is 0.0861. The quantitative estimate of drug-likeness (QED) is 0.752. The Hall–Kier alpha value is -0.890. The van der Waals surface area contributed by atoms with Gasteiger partial charge in [-0.05, 0) is 19.8 Å². The molecule has 0 unspecified atom stereocenters. The molecule has 1 rings (SSSR count). The van der Waals surface area contributed by atoms with Crippen molar-refractivity contribution in [3.63, 3.8) is 0 Å². The van der Waals surface area contributed by atoms with Gasteiger partial charge in [-0.3, -0.25) is 0 Å². The average Bonchev–Trinajstić information content (AvgIpc) is 2.85. The van der Waals surface area contributed by atoms with Crippen LogP contribution in [-0.4, -0.2) is 44.1 Å². The molecular formula is C14H25NO5S. The molecule has 122 valence electrons. The molecule has 0 aliphatic rings. The highest BCUT2D eigenvalue weighted by molar-refractivity contribution is 7.89. The minimum atomic E-state index is -3.67. The van der Waals surface area contributed by atoms with Gasteiger partial charge in [0.2, 0.25) is 10.0 Å². The largest absolute Gasteiger partial charge is 0.462 e. The molecule has 0 aromatic carbocycles. The standard InChI is InChI=1S/C14H25NO5S/c1-5-12(6-2)15(7-8-19-4)21(17,18)14-9-13(10-16)20-11(14)3/h9,12,16H,5-8,10H2,1-4H3. The van der Waals surface area contributed by atoms with E-state index in [0.717, 1.165) is 12.8 Å². The van der Waals surface area contributed by atoms with E-state index in [2.05, 4.69) is 0 Å². The van der Waals surface area contributed by atoms with Crippen LogP contribution in [0.1, 0.15) is 38.2 Å². The molecule has 0 bridgehead atoms. The van der Waals surface area contributed by atoms with Crippen molar-refractivity contribution in [3.8, 4) is 0 Å². The summed E-state index contributed by atoms with van der Waals surface area (Å²) < 4.78 is 37.5. The van der Waals surface area contributed by atoms with E-state index in [1.807, 2.05) is 13.8 Å². The molecular weight excluding hydrogens is 294 g/mol. The Bertz CT molecular complexity index is 534. The Kier molecular flexibility index (Phi) is 6.86. The molecule has 0 radical (unpaired) electrons. The Labute approximate surface area is 126 Å². The second-order valence-corrected chi connectivity index (χ2v) is 6.73. The van der Waals surface area contributed by atoms with Gasteiger partial charge in [-0.2, -0.15) is 4.31 Å². The first-order chi connectivity index (χ1) is 9.92. The molecule has 0 spiro atoms. The number of aryl methyl sites for hydroxylation is 1. The third-order valence-corrected chi connectivity index (χ3v) is 5.59. The van der Waals surface area contributed by atoms with Gasteiger partial charge in [-0.15, -0.1) is 0 Å². The van der Waals surface area contributed by atoms with Gasteiger partial charge in [0, 0.05) is 25.8 Å². The zero-order chi connectivity index (χ0) is 16.0. The number of methoxy groups -OCH3 is 1. The molecule has 0 fully saturated rings. The number of sulfonamides is 1. The summed E-state index contributed by atoms with van der Waals surface area (Å²) in [5.74, 6) is 0.551. The Morgan fingerprint density at radius 3 is 2.43 bits per heavy atom. The maximum Gasteiger partial charge on any atom is 0.246 e. The molecule has 1 aromatic rings. The number of ether oxygens (including phenoxy) is 1. The zero-order valence-electron chi connectivity index (χ0n) is 13.1. The molecule has 0 atom stereocenters. The number of aliphatic hydroxyl groups is 1. The highest BCUT2D eigenvalue weighted by Crippen LogP contribution is 2.26. The smallest absolute Gasteiger partial charge is 0.246 e. The van der Waals surface area contributed by atoms with Crippen LogP contribution in [0.3, 0.4) is 0 Å². The van der Waals surface area contributed by atoms with E-state index in [4.69, 9.17) is 14.3 Å².